The lowest BCUT2D eigenvalue weighted by Gasteiger charge is -2.22. The van der Waals surface area contributed by atoms with Gasteiger partial charge in [-0.15, -0.1) is 0 Å². The highest BCUT2D eigenvalue weighted by Crippen LogP contribution is 2.20. The number of hydrogen-bond acceptors (Lipinski definition) is 5. The summed E-state index contributed by atoms with van der Waals surface area (Å²) >= 11 is 0. The molecule has 1 amide bonds. The summed E-state index contributed by atoms with van der Waals surface area (Å²) in [5.41, 5.74) is 0. The van der Waals surface area contributed by atoms with Crippen molar-refractivity contribution in [1.82, 2.24) is 5.32 Å². The van der Waals surface area contributed by atoms with Gasteiger partial charge in [-0.25, -0.2) is 0 Å². The van der Waals surface area contributed by atoms with E-state index < -0.39 is 12.1 Å². The molecule has 0 aliphatic rings. The molecule has 0 aliphatic carbocycles. The number of carbonyl (C=O) groups excluding carboxylic acids is 2. The average molecular weight is 1240 g/mol. The number of allylic oxidation sites excluding steroid dienone is 4. The van der Waals surface area contributed by atoms with Gasteiger partial charge in [-0.3, -0.25) is 9.59 Å². The highest BCUT2D eigenvalue weighted by Gasteiger charge is 2.20. The number of esters is 1. The molecule has 0 heterocycles. The summed E-state index contributed by atoms with van der Waals surface area (Å²) in [5, 5.41) is 23.4. The molecule has 2 atom stereocenters. The zero-order chi connectivity index (χ0) is 63.5. The third-order valence-corrected chi connectivity index (χ3v) is 19.2. The first kappa shape index (κ1) is 86.3. The SMILES string of the molecule is CCCCC/C=C\CCCCCCCC(=O)OCCCCCCCCCCCCCCCCCCCC/C=C\CCCCCCCCCCCCCCCCCCCC(=O)NC(CO)C(O)CCCCCCCCCCCCCCCCCCCCCC. The lowest BCUT2D eigenvalue weighted by Crippen LogP contribution is -2.45. The van der Waals surface area contributed by atoms with E-state index >= 15 is 0 Å². The summed E-state index contributed by atoms with van der Waals surface area (Å²) in [5.74, 6) is -0.0123. The summed E-state index contributed by atoms with van der Waals surface area (Å²) in [6, 6.07) is -0.539. The Morgan fingerprint density at radius 3 is 0.830 bits per heavy atom. The minimum absolute atomic E-state index is 0.0131. The van der Waals surface area contributed by atoms with E-state index in [9.17, 15) is 19.8 Å². The highest BCUT2D eigenvalue weighted by molar-refractivity contribution is 5.76. The van der Waals surface area contributed by atoms with Gasteiger partial charge in [0.15, 0.2) is 0 Å². The molecule has 522 valence electrons. The van der Waals surface area contributed by atoms with E-state index in [-0.39, 0.29) is 18.5 Å². The van der Waals surface area contributed by atoms with E-state index in [1.807, 2.05) is 0 Å². The quantitative estimate of drug-likeness (QED) is 0.0320. The lowest BCUT2D eigenvalue weighted by molar-refractivity contribution is -0.143. The van der Waals surface area contributed by atoms with Crippen molar-refractivity contribution in [3.05, 3.63) is 24.3 Å². The van der Waals surface area contributed by atoms with Gasteiger partial charge in [0.25, 0.3) is 0 Å². The number of aliphatic hydroxyl groups is 2. The van der Waals surface area contributed by atoms with Gasteiger partial charge in [0.2, 0.25) is 5.91 Å². The largest absolute Gasteiger partial charge is 0.466 e. The van der Waals surface area contributed by atoms with Crippen molar-refractivity contribution >= 4 is 11.9 Å². The lowest BCUT2D eigenvalue weighted by atomic mass is 10.0. The fourth-order valence-corrected chi connectivity index (χ4v) is 13.0. The molecule has 6 heteroatoms. The first-order valence-electron chi connectivity index (χ1n) is 40.6. The normalized spacial score (nSPS) is 12.5. The standard InChI is InChI=1S/C82H159NO5/c1-3-5-7-9-11-13-15-17-18-19-20-42-45-48-51-54-58-62-66-70-74-80(85)79(78-84)83-81(86)75-71-67-63-59-55-52-49-46-43-40-38-36-34-32-30-28-26-24-22-21-23-25-27-29-31-33-35-37-39-41-44-47-50-53-57-61-65-69-73-77-88-82(87)76-72-68-64-60-56-16-14-12-10-8-6-4-2/h12,14,21-22,79-80,84-85H,3-11,13,15-20,23-78H2,1-2H3,(H,83,86)/b14-12-,22-21-. The molecule has 88 heavy (non-hydrogen) atoms. The molecule has 0 aromatic rings. The summed E-state index contributed by atoms with van der Waals surface area (Å²) in [6.07, 6.45) is 100. The number of carbonyl (C=O) groups is 2. The number of ether oxygens (including phenoxy) is 1. The predicted octanol–water partition coefficient (Wildman–Crippen LogP) is 26.8. The van der Waals surface area contributed by atoms with E-state index in [1.54, 1.807) is 0 Å². The monoisotopic (exact) mass is 1240 g/mol. The summed E-state index contributed by atoms with van der Waals surface area (Å²) in [4.78, 5) is 24.6. The summed E-state index contributed by atoms with van der Waals surface area (Å²) in [7, 11) is 0. The molecule has 6 nitrogen and oxygen atoms in total. The fourth-order valence-electron chi connectivity index (χ4n) is 13.0. The Balaban J connectivity index is 3.32. The molecule has 0 aliphatic heterocycles. The average Bonchev–Trinajstić information content (AvgIpc) is 3.55. The third kappa shape index (κ3) is 73.4. The minimum atomic E-state index is -0.662. The van der Waals surface area contributed by atoms with Crippen LogP contribution in [0, 0.1) is 0 Å². The zero-order valence-electron chi connectivity index (χ0n) is 60.0. The zero-order valence-corrected chi connectivity index (χ0v) is 60.0. The van der Waals surface area contributed by atoms with Crippen molar-refractivity contribution < 1.29 is 24.5 Å². The first-order valence-corrected chi connectivity index (χ1v) is 40.6. The number of hydrogen-bond donors (Lipinski definition) is 3. The number of nitrogens with one attached hydrogen (secondary N) is 1. The van der Waals surface area contributed by atoms with Gasteiger partial charge in [0, 0.05) is 12.8 Å². The molecule has 0 rings (SSSR count). The van der Waals surface area contributed by atoms with E-state index in [1.165, 1.54) is 385 Å². The fraction of sp³-hybridized carbons (Fsp3) is 0.927. The molecular formula is C82H159NO5. The Kier molecular flexibility index (Phi) is 76.3. The van der Waals surface area contributed by atoms with Crippen LogP contribution in [0.25, 0.3) is 0 Å². The van der Waals surface area contributed by atoms with Crippen LogP contribution in [0.5, 0.6) is 0 Å². The maximum absolute atomic E-state index is 12.6. The van der Waals surface area contributed by atoms with Crippen LogP contribution in [0.4, 0.5) is 0 Å². The van der Waals surface area contributed by atoms with Crippen LogP contribution in [0.2, 0.25) is 0 Å². The molecule has 0 fully saturated rings. The van der Waals surface area contributed by atoms with Gasteiger partial charge in [0.05, 0.1) is 25.4 Å². The van der Waals surface area contributed by atoms with Gasteiger partial charge in [-0.1, -0.05) is 398 Å². The van der Waals surface area contributed by atoms with E-state index in [0.29, 0.717) is 25.9 Å². The van der Waals surface area contributed by atoms with E-state index in [4.69, 9.17) is 4.74 Å². The van der Waals surface area contributed by atoms with Gasteiger partial charge in [-0.05, 0) is 77.0 Å². The molecule has 0 aromatic heterocycles. The number of amides is 1. The highest BCUT2D eigenvalue weighted by atomic mass is 16.5. The molecule has 0 aromatic carbocycles. The third-order valence-electron chi connectivity index (χ3n) is 19.2. The minimum Gasteiger partial charge on any atom is -0.466 e. The Labute approximate surface area is 551 Å². The summed E-state index contributed by atoms with van der Waals surface area (Å²) < 4.78 is 5.48. The van der Waals surface area contributed by atoms with Crippen LogP contribution in [0.15, 0.2) is 24.3 Å². The molecule has 2 unspecified atom stereocenters. The maximum Gasteiger partial charge on any atom is 0.305 e. The first-order chi connectivity index (χ1) is 43.5. The maximum atomic E-state index is 12.6. The molecular weight excluding hydrogens is 1080 g/mol. The Morgan fingerprint density at radius 2 is 0.534 bits per heavy atom. The van der Waals surface area contributed by atoms with Gasteiger partial charge in [0.1, 0.15) is 0 Å². The molecule has 0 radical (unpaired) electrons. The smallest absolute Gasteiger partial charge is 0.305 e. The number of rotatable bonds is 77. The van der Waals surface area contributed by atoms with Crippen molar-refractivity contribution in [3.8, 4) is 0 Å². The topological polar surface area (TPSA) is 95.9 Å². The van der Waals surface area contributed by atoms with Crippen LogP contribution >= 0.6 is 0 Å². The molecule has 0 saturated carbocycles. The van der Waals surface area contributed by atoms with Crippen LogP contribution in [-0.2, 0) is 14.3 Å². The van der Waals surface area contributed by atoms with Gasteiger partial charge >= 0.3 is 5.97 Å². The van der Waals surface area contributed by atoms with Crippen LogP contribution in [0.3, 0.4) is 0 Å². The van der Waals surface area contributed by atoms with Crippen molar-refractivity contribution in [1.29, 1.82) is 0 Å². The molecule has 0 saturated heterocycles. The van der Waals surface area contributed by atoms with Crippen molar-refractivity contribution in [2.45, 2.75) is 475 Å². The predicted molar refractivity (Wildman–Crippen MR) is 389 cm³/mol. The van der Waals surface area contributed by atoms with Crippen LogP contribution in [-0.4, -0.2) is 47.4 Å². The van der Waals surface area contributed by atoms with Gasteiger partial charge < -0.3 is 20.3 Å². The second kappa shape index (κ2) is 77.8. The van der Waals surface area contributed by atoms with Crippen LogP contribution < -0.4 is 5.32 Å². The van der Waals surface area contributed by atoms with E-state index in [0.717, 1.165) is 44.9 Å². The molecule has 0 bridgehead atoms. The van der Waals surface area contributed by atoms with Crippen molar-refractivity contribution in [3.63, 3.8) is 0 Å². The number of aliphatic hydroxyl groups excluding tert-OH is 2. The van der Waals surface area contributed by atoms with Gasteiger partial charge in [-0.2, -0.15) is 0 Å². The summed E-state index contributed by atoms with van der Waals surface area (Å²) in [6.45, 7) is 4.98. The van der Waals surface area contributed by atoms with Crippen LogP contribution in [0.1, 0.15) is 463 Å². The van der Waals surface area contributed by atoms with E-state index in [2.05, 4.69) is 43.5 Å². The van der Waals surface area contributed by atoms with Crippen molar-refractivity contribution in [2.75, 3.05) is 13.2 Å². The Hall–Kier alpha value is -1.66. The number of unbranched alkanes of at least 4 members (excludes halogenated alkanes) is 62. The Morgan fingerprint density at radius 1 is 0.307 bits per heavy atom. The Bertz CT molecular complexity index is 1380. The molecule has 0 spiro atoms. The second-order valence-electron chi connectivity index (χ2n) is 28.1. The van der Waals surface area contributed by atoms with Crippen molar-refractivity contribution in [2.24, 2.45) is 0 Å². The molecule has 3 N–H and O–H groups in total. The second-order valence-corrected chi connectivity index (χ2v) is 28.1.